The maximum atomic E-state index is 12.8. The lowest BCUT2D eigenvalue weighted by Crippen LogP contribution is -2.20. The highest BCUT2D eigenvalue weighted by Gasteiger charge is 2.32. The van der Waals surface area contributed by atoms with Gasteiger partial charge in [0.1, 0.15) is 0 Å². The molecule has 2 aromatic rings. The van der Waals surface area contributed by atoms with Crippen LogP contribution in [0.4, 0.5) is 13.2 Å². The Balaban J connectivity index is 1.71. The van der Waals surface area contributed by atoms with Gasteiger partial charge in [-0.25, -0.2) is 4.98 Å². The van der Waals surface area contributed by atoms with Crippen molar-refractivity contribution in [3.63, 3.8) is 0 Å². The molecule has 0 bridgehead atoms. The minimum atomic E-state index is -4.32. The van der Waals surface area contributed by atoms with Crippen LogP contribution < -0.4 is 10.1 Å². The van der Waals surface area contributed by atoms with Gasteiger partial charge in [-0.1, -0.05) is 24.3 Å². The van der Waals surface area contributed by atoms with Gasteiger partial charge >= 0.3 is 6.18 Å². The van der Waals surface area contributed by atoms with E-state index < -0.39 is 11.7 Å². The average Bonchev–Trinajstić information content (AvgIpc) is 2.51. The zero-order chi connectivity index (χ0) is 15.8. The number of ether oxygens (including phenoxy) is 1. The molecule has 6 heteroatoms. The van der Waals surface area contributed by atoms with E-state index in [1.165, 1.54) is 12.1 Å². The summed E-state index contributed by atoms with van der Waals surface area (Å²) in [6.45, 7) is 1.21. The molecule has 0 aliphatic carbocycles. The van der Waals surface area contributed by atoms with Gasteiger partial charge in [0.2, 0.25) is 5.88 Å². The Morgan fingerprint density at radius 2 is 1.82 bits per heavy atom. The number of pyridine rings is 1. The van der Waals surface area contributed by atoms with E-state index in [-0.39, 0.29) is 12.1 Å². The molecule has 0 aliphatic rings. The quantitative estimate of drug-likeness (QED) is 0.793. The first-order valence-electron chi connectivity index (χ1n) is 6.97. The predicted molar refractivity (Wildman–Crippen MR) is 77.5 cm³/mol. The van der Waals surface area contributed by atoms with Crippen molar-refractivity contribution in [3.8, 4) is 5.88 Å². The first kappa shape index (κ1) is 16.3. The van der Waals surface area contributed by atoms with Crippen LogP contribution in [-0.2, 0) is 12.7 Å². The maximum absolute atomic E-state index is 12.8. The molecule has 0 unspecified atom stereocenters. The summed E-state index contributed by atoms with van der Waals surface area (Å²) < 4.78 is 43.8. The van der Waals surface area contributed by atoms with Crippen molar-refractivity contribution < 1.29 is 17.9 Å². The van der Waals surface area contributed by atoms with Crippen LogP contribution in [0.2, 0.25) is 0 Å². The van der Waals surface area contributed by atoms with E-state index in [1.807, 2.05) is 6.07 Å². The first-order chi connectivity index (χ1) is 10.6. The second-order valence-corrected chi connectivity index (χ2v) is 4.70. The second-order valence-electron chi connectivity index (χ2n) is 4.70. The summed E-state index contributed by atoms with van der Waals surface area (Å²) in [4.78, 5) is 4.02. The molecular weight excluding hydrogens is 293 g/mol. The lowest BCUT2D eigenvalue weighted by molar-refractivity contribution is -0.138. The summed E-state index contributed by atoms with van der Waals surface area (Å²) in [5.74, 6) is 0.546. The first-order valence-corrected chi connectivity index (χ1v) is 6.97. The van der Waals surface area contributed by atoms with Gasteiger partial charge in [0.05, 0.1) is 12.2 Å². The lowest BCUT2D eigenvalue weighted by Gasteiger charge is -2.13. The molecule has 1 heterocycles. The van der Waals surface area contributed by atoms with Crippen molar-refractivity contribution >= 4 is 0 Å². The standard InChI is InChI=1S/C16H17F3N2O/c17-16(18,19)14-7-2-1-6-13(14)12-20-9-5-11-22-15-8-3-4-10-21-15/h1-4,6-8,10,20H,5,9,11-12H2. The van der Waals surface area contributed by atoms with E-state index in [0.717, 1.165) is 6.07 Å². The van der Waals surface area contributed by atoms with Crippen LogP contribution >= 0.6 is 0 Å². The van der Waals surface area contributed by atoms with Crippen molar-refractivity contribution in [2.24, 2.45) is 0 Å². The summed E-state index contributed by atoms with van der Waals surface area (Å²) >= 11 is 0. The summed E-state index contributed by atoms with van der Waals surface area (Å²) in [5, 5.41) is 3.00. The second kappa shape index (κ2) is 7.79. The van der Waals surface area contributed by atoms with E-state index in [0.29, 0.717) is 25.5 Å². The lowest BCUT2D eigenvalue weighted by atomic mass is 10.1. The molecule has 3 nitrogen and oxygen atoms in total. The van der Waals surface area contributed by atoms with E-state index in [2.05, 4.69) is 10.3 Å². The zero-order valence-electron chi connectivity index (χ0n) is 11.9. The number of nitrogens with one attached hydrogen (secondary N) is 1. The summed E-state index contributed by atoms with van der Waals surface area (Å²) in [7, 11) is 0. The minimum Gasteiger partial charge on any atom is -0.478 e. The molecule has 0 spiro atoms. The van der Waals surface area contributed by atoms with Crippen LogP contribution in [0.5, 0.6) is 5.88 Å². The molecule has 2 rings (SSSR count). The Morgan fingerprint density at radius 3 is 2.55 bits per heavy atom. The largest absolute Gasteiger partial charge is 0.478 e. The van der Waals surface area contributed by atoms with Crippen LogP contribution in [0.25, 0.3) is 0 Å². The molecule has 1 aromatic carbocycles. The number of benzene rings is 1. The molecule has 0 amide bonds. The smallest absolute Gasteiger partial charge is 0.416 e. The zero-order valence-corrected chi connectivity index (χ0v) is 11.9. The molecule has 0 saturated heterocycles. The number of halogens is 3. The Bertz CT molecular complexity index is 573. The van der Waals surface area contributed by atoms with E-state index in [9.17, 15) is 13.2 Å². The number of nitrogens with zero attached hydrogens (tertiary/aromatic N) is 1. The van der Waals surface area contributed by atoms with Crippen molar-refractivity contribution in [1.82, 2.24) is 10.3 Å². The van der Waals surface area contributed by atoms with Gasteiger partial charge in [0.25, 0.3) is 0 Å². The molecule has 0 aliphatic heterocycles. The van der Waals surface area contributed by atoms with E-state index >= 15 is 0 Å². The van der Waals surface area contributed by atoms with Crippen LogP contribution in [0.1, 0.15) is 17.5 Å². The van der Waals surface area contributed by atoms with Gasteiger partial charge in [-0.05, 0) is 30.7 Å². The topological polar surface area (TPSA) is 34.1 Å². The van der Waals surface area contributed by atoms with Gasteiger partial charge in [-0.3, -0.25) is 0 Å². The SMILES string of the molecule is FC(F)(F)c1ccccc1CNCCCOc1ccccn1. The van der Waals surface area contributed by atoms with Crippen molar-refractivity contribution in [3.05, 3.63) is 59.8 Å². The number of alkyl halides is 3. The number of hydrogen-bond acceptors (Lipinski definition) is 3. The van der Waals surface area contributed by atoms with Gasteiger partial charge in [0, 0.05) is 18.8 Å². The molecule has 0 atom stereocenters. The van der Waals surface area contributed by atoms with Gasteiger partial charge in [-0.15, -0.1) is 0 Å². The van der Waals surface area contributed by atoms with Crippen LogP contribution in [-0.4, -0.2) is 18.1 Å². The number of aromatic nitrogens is 1. The minimum absolute atomic E-state index is 0.180. The molecule has 0 radical (unpaired) electrons. The highest BCUT2D eigenvalue weighted by atomic mass is 19.4. The maximum Gasteiger partial charge on any atom is 0.416 e. The molecule has 1 aromatic heterocycles. The summed E-state index contributed by atoms with van der Waals surface area (Å²) in [6.07, 6.45) is -1.99. The van der Waals surface area contributed by atoms with E-state index in [4.69, 9.17) is 4.74 Å². The van der Waals surface area contributed by atoms with Crippen LogP contribution in [0.3, 0.4) is 0 Å². The Morgan fingerprint density at radius 1 is 1.05 bits per heavy atom. The Labute approximate surface area is 127 Å². The van der Waals surface area contributed by atoms with Gasteiger partial charge in [0.15, 0.2) is 0 Å². The fourth-order valence-electron chi connectivity index (χ4n) is 1.98. The summed E-state index contributed by atoms with van der Waals surface area (Å²) in [5.41, 5.74) is -0.340. The third kappa shape index (κ3) is 5.04. The van der Waals surface area contributed by atoms with Crippen molar-refractivity contribution in [2.45, 2.75) is 19.1 Å². The molecule has 0 fully saturated rings. The molecule has 0 saturated carbocycles. The molecular formula is C16H17F3N2O. The highest BCUT2D eigenvalue weighted by Crippen LogP contribution is 2.31. The fourth-order valence-corrected chi connectivity index (χ4v) is 1.98. The van der Waals surface area contributed by atoms with E-state index in [1.54, 1.807) is 24.4 Å². The Kier molecular flexibility index (Phi) is 5.77. The monoisotopic (exact) mass is 310 g/mol. The molecule has 1 N–H and O–H groups in total. The van der Waals surface area contributed by atoms with Crippen molar-refractivity contribution in [1.29, 1.82) is 0 Å². The van der Waals surface area contributed by atoms with Crippen molar-refractivity contribution in [2.75, 3.05) is 13.2 Å². The number of hydrogen-bond donors (Lipinski definition) is 1. The third-order valence-electron chi connectivity index (χ3n) is 3.02. The predicted octanol–water partition coefficient (Wildman–Crippen LogP) is 3.66. The van der Waals surface area contributed by atoms with Crippen LogP contribution in [0, 0.1) is 0 Å². The fraction of sp³-hybridized carbons (Fsp3) is 0.312. The Hall–Kier alpha value is -2.08. The van der Waals surface area contributed by atoms with Crippen LogP contribution in [0.15, 0.2) is 48.7 Å². The highest BCUT2D eigenvalue weighted by molar-refractivity contribution is 5.29. The number of rotatable bonds is 7. The van der Waals surface area contributed by atoms with Gasteiger partial charge in [-0.2, -0.15) is 13.2 Å². The van der Waals surface area contributed by atoms with Gasteiger partial charge < -0.3 is 10.1 Å². The normalized spacial score (nSPS) is 11.4. The third-order valence-corrected chi connectivity index (χ3v) is 3.02. The molecule has 118 valence electrons. The average molecular weight is 310 g/mol. The molecule has 22 heavy (non-hydrogen) atoms. The summed E-state index contributed by atoms with van der Waals surface area (Å²) in [6, 6.07) is 11.0.